The highest BCUT2D eigenvalue weighted by atomic mass is 15.2. The average molecular weight is 212 g/mol. The van der Waals surface area contributed by atoms with E-state index in [-0.39, 0.29) is 5.54 Å². The molecular weight excluding hydrogens is 184 g/mol. The molecule has 1 N–H and O–H groups in total. The van der Waals surface area contributed by atoms with Crippen molar-refractivity contribution in [2.75, 3.05) is 21.1 Å². The van der Waals surface area contributed by atoms with Gasteiger partial charge in [0.1, 0.15) is 0 Å². The standard InChI is InChI=1S/C13H28N2/c1-8-11(3)10-12(14-5)13(4,9-2)15(6)7/h12,14H,3,8-10H2,1-2,4-7H3. The summed E-state index contributed by atoms with van der Waals surface area (Å²) >= 11 is 0. The Balaban J connectivity index is 4.68. The lowest BCUT2D eigenvalue weighted by Crippen LogP contribution is -2.56. The molecule has 0 radical (unpaired) electrons. The van der Waals surface area contributed by atoms with Gasteiger partial charge in [-0.1, -0.05) is 26.0 Å². The maximum Gasteiger partial charge on any atom is 0.0328 e. The molecule has 0 aliphatic rings. The summed E-state index contributed by atoms with van der Waals surface area (Å²) in [4.78, 5) is 2.32. The van der Waals surface area contributed by atoms with Gasteiger partial charge in [0.15, 0.2) is 0 Å². The van der Waals surface area contributed by atoms with Crippen LogP contribution in [-0.4, -0.2) is 37.6 Å². The zero-order valence-electron chi connectivity index (χ0n) is 11.4. The first-order valence-corrected chi connectivity index (χ1v) is 5.93. The van der Waals surface area contributed by atoms with Crippen molar-refractivity contribution in [1.29, 1.82) is 0 Å². The molecule has 0 fully saturated rings. The van der Waals surface area contributed by atoms with Crippen LogP contribution in [0, 0.1) is 0 Å². The molecule has 0 aliphatic heterocycles. The van der Waals surface area contributed by atoms with Gasteiger partial charge in [0.05, 0.1) is 0 Å². The van der Waals surface area contributed by atoms with Gasteiger partial charge >= 0.3 is 0 Å². The first kappa shape index (κ1) is 14.7. The van der Waals surface area contributed by atoms with Crippen LogP contribution in [0.4, 0.5) is 0 Å². The highest BCUT2D eigenvalue weighted by Gasteiger charge is 2.33. The summed E-state index contributed by atoms with van der Waals surface area (Å²) in [6.45, 7) is 10.8. The molecule has 0 aromatic rings. The number of likely N-dealkylation sites (N-methyl/N-ethyl adjacent to an activating group) is 2. The van der Waals surface area contributed by atoms with E-state index in [1.165, 1.54) is 5.57 Å². The Hall–Kier alpha value is -0.340. The summed E-state index contributed by atoms with van der Waals surface area (Å²) in [5.41, 5.74) is 1.53. The topological polar surface area (TPSA) is 15.3 Å². The lowest BCUT2D eigenvalue weighted by atomic mass is 9.84. The van der Waals surface area contributed by atoms with Gasteiger partial charge in [-0.2, -0.15) is 0 Å². The van der Waals surface area contributed by atoms with E-state index < -0.39 is 0 Å². The van der Waals surface area contributed by atoms with Crippen molar-refractivity contribution in [3.63, 3.8) is 0 Å². The normalized spacial score (nSPS) is 17.5. The fourth-order valence-corrected chi connectivity index (χ4v) is 1.94. The lowest BCUT2D eigenvalue weighted by Gasteiger charge is -2.43. The molecule has 0 aromatic heterocycles. The molecule has 0 rings (SSSR count). The molecule has 0 spiro atoms. The van der Waals surface area contributed by atoms with Crippen LogP contribution in [0.3, 0.4) is 0 Å². The van der Waals surface area contributed by atoms with E-state index in [0.717, 1.165) is 19.3 Å². The van der Waals surface area contributed by atoms with Crippen LogP contribution >= 0.6 is 0 Å². The summed E-state index contributed by atoms with van der Waals surface area (Å²) in [6.07, 6.45) is 3.28. The van der Waals surface area contributed by atoms with Crippen molar-refractivity contribution in [1.82, 2.24) is 10.2 Å². The third-order valence-corrected chi connectivity index (χ3v) is 3.83. The van der Waals surface area contributed by atoms with Crippen molar-refractivity contribution in [3.05, 3.63) is 12.2 Å². The van der Waals surface area contributed by atoms with E-state index in [2.05, 4.69) is 51.7 Å². The van der Waals surface area contributed by atoms with Gasteiger partial charge in [0, 0.05) is 11.6 Å². The fraction of sp³-hybridized carbons (Fsp3) is 0.846. The van der Waals surface area contributed by atoms with Crippen LogP contribution in [0.25, 0.3) is 0 Å². The van der Waals surface area contributed by atoms with Gasteiger partial charge in [-0.25, -0.2) is 0 Å². The summed E-state index contributed by atoms with van der Waals surface area (Å²) in [5.74, 6) is 0. The molecule has 0 saturated heterocycles. The minimum atomic E-state index is 0.201. The zero-order valence-corrected chi connectivity index (χ0v) is 11.4. The van der Waals surface area contributed by atoms with Gasteiger partial charge in [-0.05, 0) is 47.3 Å². The second-order valence-electron chi connectivity index (χ2n) is 4.75. The van der Waals surface area contributed by atoms with E-state index >= 15 is 0 Å². The second-order valence-corrected chi connectivity index (χ2v) is 4.75. The van der Waals surface area contributed by atoms with Crippen LogP contribution in [0.5, 0.6) is 0 Å². The smallest absolute Gasteiger partial charge is 0.0328 e. The molecule has 0 aliphatic carbocycles. The molecule has 2 atom stereocenters. The van der Waals surface area contributed by atoms with E-state index in [1.807, 2.05) is 7.05 Å². The second kappa shape index (κ2) is 6.29. The summed E-state index contributed by atoms with van der Waals surface area (Å²) in [6, 6.07) is 0.477. The van der Waals surface area contributed by atoms with Crippen LogP contribution < -0.4 is 5.32 Å². The molecule has 2 unspecified atom stereocenters. The molecule has 0 aromatic carbocycles. The quantitative estimate of drug-likeness (QED) is 0.653. The van der Waals surface area contributed by atoms with Crippen LogP contribution in [-0.2, 0) is 0 Å². The third kappa shape index (κ3) is 3.62. The Morgan fingerprint density at radius 2 is 1.93 bits per heavy atom. The van der Waals surface area contributed by atoms with Crippen LogP contribution in [0.15, 0.2) is 12.2 Å². The monoisotopic (exact) mass is 212 g/mol. The van der Waals surface area contributed by atoms with Crippen molar-refractivity contribution >= 4 is 0 Å². The molecule has 15 heavy (non-hydrogen) atoms. The number of hydrogen-bond donors (Lipinski definition) is 1. The Kier molecular flexibility index (Phi) is 6.15. The maximum atomic E-state index is 4.11. The number of rotatable bonds is 7. The summed E-state index contributed by atoms with van der Waals surface area (Å²) < 4.78 is 0. The highest BCUT2D eigenvalue weighted by Crippen LogP contribution is 2.25. The number of nitrogens with one attached hydrogen (secondary N) is 1. The van der Waals surface area contributed by atoms with E-state index in [1.54, 1.807) is 0 Å². The lowest BCUT2D eigenvalue weighted by molar-refractivity contribution is 0.116. The molecule has 0 bridgehead atoms. The van der Waals surface area contributed by atoms with Gasteiger partial charge in [-0.15, -0.1) is 0 Å². The highest BCUT2D eigenvalue weighted by molar-refractivity contribution is 5.04. The maximum absolute atomic E-state index is 4.11. The third-order valence-electron chi connectivity index (χ3n) is 3.83. The van der Waals surface area contributed by atoms with Gasteiger partial charge < -0.3 is 10.2 Å². The summed E-state index contributed by atoms with van der Waals surface area (Å²) in [7, 11) is 6.36. The molecular formula is C13H28N2. The Labute approximate surface area is 95.7 Å². The van der Waals surface area contributed by atoms with E-state index in [4.69, 9.17) is 0 Å². The van der Waals surface area contributed by atoms with Gasteiger partial charge in [-0.3, -0.25) is 0 Å². The van der Waals surface area contributed by atoms with Crippen molar-refractivity contribution < 1.29 is 0 Å². The SMILES string of the molecule is C=C(CC)CC(NC)C(C)(CC)N(C)C. The van der Waals surface area contributed by atoms with Crippen molar-refractivity contribution in [2.24, 2.45) is 0 Å². The van der Waals surface area contributed by atoms with E-state index in [0.29, 0.717) is 6.04 Å². The van der Waals surface area contributed by atoms with Gasteiger partial charge in [0.2, 0.25) is 0 Å². The van der Waals surface area contributed by atoms with E-state index in [9.17, 15) is 0 Å². The first-order chi connectivity index (χ1) is 6.92. The zero-order chi connectivity index (χ0) is 12.1. The molecule has 0 heterocycles. The predicted octanol–water partition coefficient (Wildman–Crippen LogP) is 2.66. The number of hydrogen-bond acceptors (Lipinski definition) is 2. The van der Waals surface area contributed by atoms with Crippen LogP contribution in [0.2, 0.25) is 0 Å². The van der Waals surface area contributed by atoms with Crippen molar-refractivity contribution in [2.45, 2.75) is 51.6 Å². The largest absolute Gasteiger partial charge is 0.315 e. The first-order valence-electron chi connectivity index (χ1n) is 5.93. The predicted molar refractivity (Wildman–Crippen MR) is 69.3 cm³/mol. The Morgan fingerprint density at radius 3 is 2.20 bits per heavy atom. The summed E-state index contributed by atoms with van der Waals surface area (Å²) in [5, 5.41) is 3.44. The van der Waals surface area contributed by atoms with Crippen LogP contribution in [0.1, 0.15) is 40.0 Å². The molecule has 90 valence electrons. The Bertz CT molecular complexity index is 199. The van der Waals surface area contributed by atoms with Gasteiger partial charge in [0.25, 0.3) is 0 Å². The molecule has 0 amide bonds. The molecule has 2 nitrogen and oxygen atoms in total. The minimum absolute atomic E-state index is 0.201. The molecule has 2 heteroatoms. The minimum Gasteiger partial charge on any atom is -0.315 e. The van der Waals surface area contributed by atoms with Crippen molar-refractivity contribution in [3.8, 4) is 0 Å². The Morgan fingerprint density at radius 1 is 1.40 bits per heavy atom. The molecule has 0 saturated carbocycles. The number of nitrogens with zero attached hydrogens (tertiary/aromatic N) is 1. The average Bonchev–Trinajstić information content (AvgIpc) is 2.23. The fourth-order valence-electron chi connectivity index (χ4n) is 1.94.